The van der Waals surface area contributed by atoms with E-state index in [1.807, 2.05) is 61.5 Å². The summed E-state index contributed by atoms with van der Waals surface area (Å²) in [4.78, 5) is 41.9. The first-order valence-electron chi connectivity index (χ1n) is 10.1. The molecule has 1 aromatic heterocycles. The lowest BCUT2D eigenvalue weighted by atomic mass is 10.0. The average Bonchev–Trinajstić information content (AvgIpc) is 2.78. The summed E-state index contributed by atoms with van der Waals surface area (Å²) < 4.78 is 1.03. The Bertz CT molecular complexity index is 1320. The Balaban J connectivity index is 1.71. The number of fused-ring (bicyclic) bond motifs is 1. The van der Waals surface area contributed by atoms with Crippen molar-refractivity contribution in [2.24, 2.45) is 0 Å². The van der Waals surface area contributed by atoms with E-state index >= 15 is 0 Å². The van der Waals surface area contributed by atoms with Gasteiger partial charge >= 0.3 is 5.69 Å². The van der Waals surface area contributed by atoms with Gasteiger partial charge in [0, 0.05) is 13.0 Å². The summed E-state index contributed by atoms with van der Waals surface area (Å²) >= 11 is 0. The molecule has 6 nitrogen and oxygen atoms in total. The maximum Gasteiger partial charge on any atom is 0.329 e. The van der Waals surface area contributed by atoms with E-state index in [0.717, 1.165) is 21.3 Å². The first kappa shape index (κ1) is 20.3. The summed E-state index contributed by atoms with van der Waals surface area (Å²) in [6, 6.07) is 23.0. The van der Waals surface area contributed by atoms with E-state index in [9.17, 15) is 14.4 Å². The zero-order chi connectivity index (χ0) is 21.8. The third kappa shape index (κ3) is 4.48. The Kier molecular flexibility index (Phi) is 5.80. The molecule has 1 amide bonds. The van der Waals surface area contributed by atoms with Crippen molar-refractivity contribution in [3.63, 3.8) is 0 Å². The Hall–Kier alpha value is -3.93. The van der Waals surface area contributed by atoms with Gasteiger partial charge in [0.1, 0.15) is 6.04 Å². The largest absolute Gasteiger partial charge is 0.350 e. The molecular formula is C25H23N3O3. The molecule has 2 N–H and O–H groups in total. The van der Waals surface area contributed by atoms with Crippen LogP contribution >= 0.6 is 0 Å². The van der Waals surface area contributed by atoms with Gasteiger partial charge in [-0.05, 0) is 30.2 Å². The standard InChI is InChI=1S/C25H23N3O3/c1-17-11-13-19(14-12-17)16-26-23(29)22(15-18-7-3-2-4-8-18)28-24(30)20-9-5-6-10-21(20)27-25(28)31/h2-14,22H,15-16H2,1H3,(H,26,29)(H,27,31). The molecule has 0 saturated carbocycles. The van der Waals surface area contributed by atoms with Crippen molar-refractivity contribution in [3.05, 3.63) is 116 Å². The molecule has 0 aliphatic carbocycles. The fourth-order valence-electron chi connectivity index (χ4n) is 3.61. The van der Waals surface area contributed by atoms with Crippen molar-refractivity contribution in [1.82, 2.24) is 14.9 Å². The van der Waals surface area contributed by atoms with Gasteiger partial charge in [-0.15, -0.1) is 0 Å². The smallest absolute Gasteiger partial charge is 0.329 e. The summed E-state index contributed by atoms with van der Waals surface area (Å²) in [5, 5.41) is 3.26. The highest BCUT2D eigenvalue weighted by Gasteiger charge is 2.25. The van der Waals surface area contributed by atoms with Gasteiger partial charge in [0.15, 0.2) is 0 Å². The van der Waals surface area contributed by atoms with Crippen LogP contribution in [0.1, 0.15) is 22.7 Å². The number of aromatic amines is 1. The second-order valence-corrected chi connectivity index (χ2v) is 7.56. The van der Waals surface area contributed by atoms with E-state index in [1.165, 1.54) is 0 Å². The van der Waals surface area contributed by atoms with E-state index in [2.05, 4.69) is 10.3 Å². The average molecular weight is 413 g/mol. The Morgan fingerprint density at radius 3 is 2.32 bits per heavy atom. The van der Waals surface area contributed by atoms with Crippen LogP contribution in [0.15, 0.2) is 88.5 Å². The number of amides is 1. The first-order chi connectivity index (χ1) is 15.0. The maximum atomic E-state index is 13.2. The molecule has 1 atom stereocenters. The minimum atomic E-state index is -0.978. The van der Waals surface area contributed by atoms with E-state index in [0.29, 0.717) is 17.4 Å². The lowest BCUT2D eigenvalue weighted by Crippen LogP contribution is -2.45. The van der Waals surface area contributed by atoms with Gasteiger partial charge in [0.2, 0.25) is 5.91 Å². The van der Waals surface area contributed by atoms with Crippen LogP contribution in [0.2, 0.25) is 0 Å². The fourth-order valence-corrected chi connectivity index (χ4v) is 3.61. The number of nitrogens with zero attached hydrogens (tertiary/aromatic N) is 1. The molecule has 1 heterocycles. The number of carbonyl (C=O) groups is 1. The fraction of sp³-hybridized carbons (Fsp3) is 0.160. The number of nitrogens with one attached hydrogen (secondary N) is 2. The molecule has 31 heavy (non-hydrogen) atoms. The minimum Gasteiger partial charge on any atom is -0.350 e. The Labute approximate surface area is 179 Å². The van der Waals surface area contributed by atoms with Crippen molar-refractivity contribution in [3.8, 4) is 0 Å². The number of hydrogen-bond acceptors (Lipinski definition) is 3. The van der Waals surface area contributed by atoms with Crippen molar-refractivity contribution in [1.29, 1.82) is 0 Å². The molecule has 6 heteroatoms. The number of carbonyl (C=O) groups excluding carboxylic acids is 1. The third-order valence-electron chi connectivity index (χ3n) is 5.31. The van der Waals surface area contributed by atoms with E-state index in [4.69, 9.17) is 0 Å². The predicted octanol–water partition coefficient (Wildman–Crippen LogP) is 3.10. The molecule has 4 aromatic rings. The van der Waals surface area contributed by atoms with Gasteiger partial charge in [-0.3, -0.25) is 9.59 Å². The molecule has 156 valence electrons. The van der Waals surface area contributed by atoms with Gasteiger partial charge in [0.05, 0.1) is 10.9 Å². The van der Waals surface area contributed by atoms with Crippen LogP contribution in [0.3, 0.4) is 0 Å². The molecule has 0 fully saturated rings. The maximum absolute atomic E-state index is 13.2. The highest BCUT2D eigenvalue weighted by Crippen LogP contribution is 2.14. The van der Waals surface area contributed by atoms with Gasteiger partial charge in [-0.1, -0.05) is 72.3 Å². The van der Waals surface area contributed by atoms with Gasteiger partial charge in [-0.2, -0.15) is 0 Å². The monoisotopic (exact) mass is 413 g/mol. The molecule has 0 aliphatic heterocycles. The van der Waals surface area contributed by atoms with Crippen LogP contribution < -0.4 is 16.6 Å². The second kappa shape index (κ2) is 8.83. The zero-order valence-electron chi connectivity index (χ0n) is 17.2. The van der Waals surface area contributed by atoms with Crippen molar-refractivity contribution >= 4 is 16.8 Å². The van der Waals surface area contributed by atoms with Crippen molar-refractivity contribution in [2.45, 2.75) is 25.9 Å². The number of rotatable bonds is 6. The predicted molar refractivity (Wildman–Crippen MR) is 121 cm³/mol. The molecule has 0 bridgehead atoms. The number of benzene rings is 3. The molecular weight excluding hydrogens is 390 g/mol. The van der Waals surface area contributed by atoms with E-state index < -0.39 is 17.3 Å². The molecule has 3 aromatic carbocycles. The Morgan fingerprint density at radius 1 is 0.903 bits per heavy atom. The van der Waals surface area contributed by atoms with Crippen LogP contribution in [0, 0.1) is 6.92 Å². The molecule has 0 aliphatic rings. The second-order valence-electron chi connectivity index (χ2n) is 7.56. The minimum absolute atomic E-state index is 0.224. The Morgan fingerprint density at radius 2 is 1.58 bits per heavy atom. The molecule has 0 spiro atoms. The third-order valence-corrected chi connectivity index (χ3v) is 5.31. The lowest BCUT2D eigenvalue weighted by molar-refractivity contribution is -0.124. The van der Waals surface area contributed by atoms with Crippen LogP contribution in [-0.2, 0) is 17.8 Å². The van der Waals surface area contributed by atoms with Crippen molar-refractivity contribution in [2.75, 3.05) is 0 Å². The van der Waals surface area contributed by atoms with E-state index in [1.54, 1.807) is 24.3 Å². The highest BCUT2D eigenvalue weighted by atomic mass is 16.2. The molecule has 0 saturated heterocycles. The van der Waals surface area contributed by atoms with E-state index in [-0.39, 0.29) is 12.3 Å². The number of H-pyrrole nitrogens is 1. The van der Waals surface area contributed by atoms with Crippen LogP contribution in [0.5, 0.6) is 0 Å². The normalized spacial score (nSPS) is 11.9. The number of aryl methyl sites for hydroxylation is 1. The van der Waals surface area contributed by atoms with Crippen LogP contribution in [0.4, 0.5) is 0 Å². The highest BCUT2D eigenvalue weighted by molar-refractivity contribution is 5.82. The summed E-state index contributed by atoms with van der Waals surface area (Å²) in [6.45, 7) is 2.31. The summed E-state index contributed by atoms with van der Waals surface area (Å²) in [5.41, 5.74) is 2.30. The quantitative estimate of drug-likeness (QED) is 0.509. The topological polar surface area (TPSA) is 84.0 Å². The summed E-state index contributed by atoms with van der Waals surface area (Å²) in [7, 11) is 0. The summed E-state index contributed by atoms with van der Waals surface area (Å²) in [6.07, 6.45) is 0.224. The SMILES string of the molecule is Cc1ccc(CNC(=O)C(Cc2ccccc2)n2c(=O)[nH]c3ccccc3c2=O)cc1. The number of para-hydroxylation sites is 1. The van der Waals surface area contributed by atoms with Crippen LogP contribution in [-0.4, -0.2) is 15.5 Å². The first-order valence-corrected chi connectivity index (χ1v) is 10.1. The summed E-state index contributed by atoms with van der Waals surface area (Å²) in [5.74, 6) is -0.382. The molecule has 1 unspecified atom stereocenters. The van der Waals surface area contributed by atoms with Crippen LogP contribution in [0.25, 0.3) is 10.9 Å². The van der Waals surface area contributed by atoms with Crippen molar-refractivity contribution < 1.29 is 4.79 Å². The van der Waals surface area contributed by atoms with Gasteiger partial charge < -0.3 is 10.3 Å². The molecule has 4 rings (SSSR count). The lowest BCUT2D eigenvalue weighted by Gasteiger charge is -2.19. The number of aromatic nitrogens is 2. The molecule has 0 radical (unpaired) electrons. The zero-order valence-corrected chi connectivity index (χ0v) is 17.2. The van der Waals surface area contributed by atoms with Gasteiger partial charge in [-0.25, -0.2) is 9.36 Å². The van der Waals surface area contributed by atoms with Gasteiger partial charge in [0.25, 0.3) is 5.56 Å². The number of hydrogen-bond donors (Lipinski definition) is 2.